The van der Waals surface area contributed by atoms with E-state index in [1.807, 2.05) is 29.4 Å². The van der Waals surface area contributed by atoms with E-state index in [2.05, 4.69) is 17.2 Å². The van der Waals surface area contributed by atoms with Crippen molar-refractivity contribution in [1.29, 1.82) is 0 Å². The minimum Gasteiger partial charge on any atom is -0.331 e. The van der Waals surface area contributed by atoms with Gasteiger partial charge in [0.15, 0.2) is 0 Å². The summed E-state index contributed by atoms with van der Waals surface area (Å²) in [6.45, 7) is 3.84. The summed E-state index contributed by atoms with van der Waals surface area (Å²) < 4.78 is 0. The lowest BCUT2D eigenvalue weighted by atomic mass is 10.0. The average molecular weight is 276 g/mol. The van der Waals surface area contributed by atoms with Gasteiger partial charge in [-0.05, 0) is 37.5 Å². The lowest BCUT2D eigenvalue weighted by molar-refractivity contribution is 0.151. The molecule has 1 aromatic rings. The van der Waals surface area contributed by atoms with E-state index in [4.69, 9.17) is 0 Å². The third-order valence-electron chi connectivity index (χ3n) is 3.84. The number of hydrogen-bond donors (Lipinski definition) is 1. The molecule has 0 unspecified atom stereocenters. The number of piperidine rings is 1. The molecular formula is C15H24N4O. The highest BCUT2D eigenvalue weighted by atomic mass is 16.2. The molecule has 5 heteroatoms. The van der Waals surface area contributed by atoms with Gasteiger partial charge in [-0.2, -0.15) is 0 Å². The molecule has 2 rings (SSSR count). The molecule has 1 saturated heterocycles. The molecule has 0 spiro atoms. The molecule has 0 radical (unpaired) electrons. The summed E-state index contributed by atoms with van der Waals surface area (Å²) in [5.41, 5.74) is 1.26. The van der Waals surface area contributed by atoms with Crippen molar-refractivity contribution in [3.05, 3.63) is 30.1 Å². The van der Waals surface area contributed by atoms with E-state index in [0.29, 0.717) is 12.1 Å². The molecule has 1 aromatic heterocycles. The second kappa shape index (κ2) is 6.70. The van der Waals surface area contributed by atoms with Crippen molar-refractivity contribution in [3.63, 3.8) is 0 Å². The van der Waals surface area contributed by atoms with Crippen LogP contribution in [0.25, 0.3) is 0 Å². The molecule has 110 valence electrons. The van der Waals surface area contributed by atoms with E-state index in [0.717, 1.165) is 25.9 Å². The highest BCUT2D eigenvalue weighted by Gasteiger charge is 2.24. The quantitative estimate of drug-likeness (QED) is 0.917. The van der Waals surface area contributed by atoms with Crippen molar-refractivity contribution < 1.29 is 4.79 Å². The van der Waals surface area contributed by atoms with Gasteiger partial charge < -0.3 is 15.1 Å². The van der Waals surface area contributed by atoms with E-state index >= 15 is 0 Å². The lowest BCUT2D eigenvalue weighted by Crippen LogP contribution is -2.48. The fraction of sp³-hybridized carbons (Fsp3) is 0.600. The van der Waals surface area contributed by atoms with E-state index in [1.165, 1.54) is 5.56 Å². The fourth-order valence-corrected chi connectivity index (χ4v) is 2.62. The Morgan fingerprint density at radius 3 is 2.50 bits per heavy atom. The monoisotopic (exact) mass is 276 g/mol. The molecular weight excluding hydrogens is 252 g/mol. The van der Waals surface area contributed by atoms with E-state index in [9.17, 15) is 4.79 Å². The van der Waals surface area contributed by atoms with E-state index < -0.39 is 0 Å². The Kier molecular flexibility index (Phi) is 4.95. The summed E-state index contributed by atoms with van der Waals surface area (Å²) in [6.07, 6.45) is 5.67. The van der Waals surface area contributed by atoms with Crippen LogP contribution in [0.4, 0.5) is 4.79 Å². The molecule has 1 fully saturated rings. The third kappa shape index (κ3) is 3.70. The molecule has 20 heavy (non-hydrogen) atoms. The van der Waals surface area contributed by atoms with Crippen molar-refractivity contribution in [3.8, 4) is 0 Å². The molecule has 0 aliphatic carbocycles. The number of aromatic nitrogens is 1. The van der Waals surface area contributed by atoms with Crippen LogP contribution >= 0.6 is 0 Å². The van der Waals surface area contributed by atoms with Crippen molar-refractivity contribution in [2.45, 2.75) is 31.8 Å². The summed E-state index contributed by atoms with van der Waals surface area (Å²) in [5.74, 6) is 0. The Balaban J connectivity index is 1.81. The van der Waals surface area contributed by atoms with Crippen LogP contribution in [-0.4, -0.2) is 54.0 Å². The highest BCUT2D eigenvalue weighted by Crippen LogP contribution is 2.17. The van der Waals surface area contributed by atoms with Gasteiger partial charge in [0.05, 0.1) is 0 Å². The maximum absolute atomic E-state index is 11.9. The largest absolute Gasteiger partial charge is 0.331 e. The summed E-state index contributed by atoms with van der Waals surface area (Å²) in [7, 11) is 3.61. The van der Waals surface area contributed by atoms with E-state index in [1.54, 1.807) is 19.0 Å². The second-order valence-corrected chi connectivity index (χ2v) is 5.61. The number of urea groups is 1. The van der Waals surface area contributed by atoms with Crippen molar-refractivity contribution in [2.75, 3.05) is 27.2 Å². The molecule has 0 bridgehead atoms. The molecule has 1 aliphatic heterocycles. The van der Waals surface area contributed by atoms with E-state index in [-0.39, 0.29) is 6.03 Å². The molecule has 0 saturated carbocycles. The summed E-state index contributed by atoms with van der Waals surface area (Å²) in [4.78, 5) is 19.5. The number of nitrogens with one attached hydrogen (secondary N) is 1. The van der Waals surface area contributed by atoms with Crippen LogP contribution in [0.2, 0.25) is 0 Å². The topological polar surface area (TPSA) is 48.5 Å². The minimum absolute atomic E-state index is 0.116. The Hall–Kier alpha value is -1.62. The molecule has 2 heterocycles. The first-order valence-electron chi connectivity index (χ1n) is 7.20. The first-order valence-corrected chi connectivity index (χ1v) is 7.20. The Bertz CT molecular complexity index is 427. The van der Waals surface area contributed by atoms with Gasteiger partial charge in [0, 0.05) is 51.7 Å². The van der Waals surface area contributed by atoms with Crippen LogP contribution in [0.15, 0.2) is 24.5 Å². The molecule has 0 aromatic carbocycles. The van der Waals surface area contributed by atoms with Gasteiger partial charge in [-0.15, -0.1) is 0 Å². The number of likely N-dealkylation sites (tertiary alicyclic amines) is 1. The maximum Gasteiger partial charge on any atom is 0.319 e. The number of amides is 2. The van der Waals surface area contributed by atoms with Gasteiger partial charge in [0.2, 0.25) is 0 Å². The normalized spacial score (nSPS) is 17.9. The Morgan fingerprint density at radius 1 is 1.35 bits per heavy atom. The SMILES string of the molecule is C[C@H](NC1CCN(C(=O)N(C)C)CC1)c1ccncc1. The predicted octanol–water partition coefficient (Wildman–Crippen LogP) is 1.88. The number of rotatable bonds is 3. The number of hydrogen-bond acceptors (Lipinski definition) is 3. The smallest absolute Gasteiger partial charge is 0.319 e. The van der Waals surface area contributed by atoms with Crippen molar-refractivity contribution in [2.24, 2.45) is 0 Å². The van der Waals surface area contributed by atoms with Crippen LogP contribution in [0.1, 0.15) is 31.4 Å². The van der Waals surface area contributed by atoms with Crippen LogP contribution in [0.3, 0.4) is 0 Å². The third-order valence-corrected chi connectivity index (χ3v) is 3.84. The van der Waals surface area contributed by atoms with Crippen LogP contribution < -0.4 is 5.32 Å². The van der Waals surface area contributed by atoms with Crippen molar-refractivity contribution >= 4 is 6.03 Å². The van der Waals surface area contributed by atoms with Gasteiger partial charge in [0.25, 0.3) is 0 Å². The van der Waals surface area contributed by atoms with Gasteiger partial charge in [-0.1, -0.05) is 0 Å². The molecule has 1 aliphatic rings. The summed E-state index contributed by atoms with van der Waals surface area (Å²) in [5, 5.41) is 3.64. The van der Waals surface area contributed by atoms with Gasteiger partial charge in [-0.3, -0.25) is 4.98 Å². The van der Waals surface area contributed by atoms with Crippen LogP contribution in [0, 0.1) is 0 Å². The van der Waals surface area contributed by atoms with Crippen LogP contribution in [0.5, 0.6) is 0 Å². The molecule has 5 nitrogen and oxygen atoms in total. The second-order valence-electron chi connectivity index (χ2n) is 5.61. The van der Waals surface area contributed by atoms with Gasteiger partial charge in [0.1, 0.15) is 0 Å². The molecule has 1 atom stereocenters. The molecule has 1 N–H and O–H groups in total. The van der Waals surface area contributed by atoms with Crippen molar-refractivity contribution in [1.82, 2.24) is 20.1 Å². The minimum atomic E-state index is 0.116. The standard InChI is InChI=1S/C15H24N4O/c1-12(13-4-8-16-9-5-13)17-14-6-10-19(11-7-14)15(20)18(2)3/h4-5,8-9,12,14,17H,6-7,10-11H2,1-3H3/t12-/m0/s1. The average Bonchev–Trinajstić information content (AvgIpc) is 2.48. The highest BCUT2D eigenvalue weighted by molar-refractivity contribution is 5.73. The zero-order valence-electron chi connectivity index (χ0n) is 12.5. The summed E-state index contributed by atoms with van der Waals surface area (Å²) in [6, 6.07) is 5.00. The Labute approximate surface area is 121 Å². The zero-order valence-corrected chi connectivity index (χ0v) is 12.5. The predicted molar refractivity (Wildman–Crippen MR) is 79.5 cm³/mol. The first kappa shape index (κ1) is 14.8. The summed E-state index contributed by atoms with van der Waals surface area (Å²) >= 11 is 0. The van der Waals surface area contributed by atoms with Crippen LogP contribution in [-0.2, 0) is 0 Å². The maximum atomic E-state index is 11.9. The number of nitrogens with zero attached hydrogens (tertiary/aromatic N) is 3. The molecule has 2 amide bonds. The first-order chi connectivity index (χ1) is 9.58. The number of carbonyl (C=O) groups is 1. The fourth-order valence-electron chi connectivity index (χ4n) is 2.62. The number of pyridine rings is 1. The lowest BCUT2D eigenvalue weighted by Gasteiger charge is -2.35. The van der Waals surface area contributed by atoms with Gasteiger partial charge in [-0.25, -0.2) is 4.79 Å². The number of carbonyl (C=O) groups excluding carboxylic acids is 1. The van der Waals surface area contributed by atoms with Gasteiger partial charge >= 0.3 is 6.03 Å². The zero-order chi connectivity index (χ0) is 14.5. The Morgan fingerprint density at radius 2 is 1.95 bits per heavy atom.